The molecule has 5 nitrogen and oxygen atoms in total. The van der Waals surface area contributed by atoms with E-state index in [2.05, 4.69) is 5.32 Å². The molecule has 0 radical (unpaired) electrons. The van der Waals surface area contributed by atoms with E-state index in [0.717, 1.165) is 31.5 Å². The second kappa shape index (κ2) is 7.78. The maximum atomic E-state index is 13.0. The number of nitrogens with zero attached hydrogens (tertiary/aromatic N) is 2. The highest BCUT2D eigenvalue weighted by Gasteiger charge is 2.39. The summed E-state index contributed by atoms with van der Waals surface area (Å²) in [4.78, 5) is 29.5. The molecule has 2 heterocycles. The number of carbonyl (C=O) groups is 2. The largest absolute Gasteiger partial charge is 0.340 e. The maximum Gasteiger partial charge on any atom is 0.253 e. The molecular formula is C21H29N3O2. The van der Waals surface area contributed by atoms with E-state index in [4.69, 9.17) is 0 Å². The third kappa shape index (κ3) is 3.63. The van der Waals surface area contributed by atoms with E-state index < -0.39 is 0 Å². The van der Waals surface area contributed by atoms with Gasteiger partial charge in [0.1, 0.15) is 0 Å². The van der Waals surface area contributed by atoms with E-state index in [1.807, 2.05) is 40.1 Å². The van der Waals surface area contributed by atoms with Crippen molar-refractivity contribution in [2.75, 3.05) is 26.2 Å². The Hall–Kier alpha value is -1.88. The lowest BCUT2D eigenvalue weighted by atomic mass is 9.85. The van der Waals surface area contributed by atoms with E-state index in [1.54, 1.807) is 0 Å². The van der Waals surface area contributed by atoms with Crippen LogP contribution in [0.5, 0.6) is 0 Å². The topological polar surface area (TPSA) is 52.7 Å². The predicted octanol–water partition coefficient (Wildman–Crippen LogP) is 2.28. The molecule has 4 rings (SSSR count). The van der Waals surface area contributed by atoms with Crippen LogP contribution < -0.4 is 5.32 Å². The average Bonchev–Trinajstić information content (AvgIpc) is 2.97. The van der Waals surface area contributed by atoms with Crippen LogP contribution in [0.4, 0.5) is 0 Å². The zero-order valence-electron chi connectivity index (χ0n) is 15.4. The minimum atomic E-state index is -0.0144. The summed E-state index contributed by atoms with van der Waals surface area (Å²) in [5, 5.41) is 3.60. The standard InChI is InChI=1S/C21H29N3O2/c25-20(16-7-2-1-3-8-16)23-11-6-12-24(14-13-23)21(26)19-15-17-9-4-5-10-18(17)22-19/h1-3,7-8,17-19,22H,4-6,9-15H2. The van der Waals surface area contributed by atoms with Crippen LogP contribution in [0.2, 0.25) is 0 Å². The van der Waals surface area contributed by atoms with Gasteiger partial charge in [0.05, 0.1) is 6.04 Å². The summed E-state index contributed by atoms with van der Waals surface area (Å²) in [5.41, 5.74) is 0.730. The van der Waals surface area contributed by atoms with Crippen molar-refractivity contribution < 1.29 is 9.59 Å². The van der Waals surface area contributed by atoms with Gasteiger partial charge in [-0.2, -0.15) is 0 Å². The number of rotatable bonds is 2. The van der Waals surface area contributed by atoms with Gasteiger partial charge in [-0.05, 0) is 43.7 Å². The van der Waals surface area contributed by atoms with Gasteiger partial charge in [0, 0.05) is 37.8 Å². The fraction of sp³-hybridized carbons (Fsp3) is 0.619. The molecule has 1 aromatic carbocycles. The van der Waals surface area contributed by atoms with Crippen LogP contribution in [0.1, 0.15) is 48.9 Å². The van der Waals surface area contributed by atoms with Gasteiger partial charge in [0.15, 0.2) is 0 Å². The van der Waals surface area contributed by atoms with E-state index in [0.29, 0.717) is 25.0 Å². The first kappa shape index (κ1) is 17.5. The summed E-state index contributed by atoms with van der Waals surface area (Å²) in [7, 11) is 0. The fourth-order valence-corrected chi connectivity index (χ4v) is 4.84. The van der Waals surface area contributed by atoms with E-state index >= 15 is 0 Å². The zero-order chi connectivity index (χ0) is 17.9. The van der Waals surface area contributed by atoms with Crippen molar-refractivity contribution in [3.63, 3.8) is 0 Å². The third-order valence-electron chi connectivity index (χ3n) is 6.28. The second-order valence-electron chi connectivity index (χ2n) is 7.94. The Balaban J connectivity index is 1.35. The van der Waals surface area contributed by atoms with Crippen molar-refractivity contribution in [2.24, 2.45) is 5.92 Å². The van der Waals surface area contributed by atoms with Crippen molar-refractivity contribution in [2.45, 2.75) is 50.6 Å². The summed E-state index contributed by atoms with van der Waals surface area (Å²) in [6.07, 6.45) is 6.92. The minimum Gasteiger partial charge on any atom is -0.340 e. The summed E-state index contributed by atoms with van der Waals surface area (Å²) < 4.78 is 0. The van der Waals surface area contributed by atoms with Gasteiger partial charge < -0.3 is 15.1 Å². The lowest BCUT2D eigenvalue weighted by Crippen LogP contribution is -2.46. The highest BCUT2D eigenvalue weighted by atomic mass is 16.2. The Morgan fingerprint density at radius 2 is 1.62 bits per heavy atom. The zero-order valence-corrected chi connectivity index (χ0v) is 15.4. The Morgan fingerprint density at radius 3 is 2.42 bits per heavy atom. The maximum absolute atomic E-state index is 13.0. The molecule has 3 aliphatic rings. The van der Waals surface area contributed by atoms with Gasteiger partial charge in [-0.25, -0.2) is 0 Å². The molecule has 140 valence electrons. The minimum absolute atomic E-state index is 0.0144. The number of hydrogen-bond acceptors (Lipinski definition) is 3. The number of carbonyl (C=O) groups excluding carboxylic acids is 2. The van der Waals surface area contributed by atoms with Gasteiger partial charge in [-0.1, -0.05) is 31.0 Å². The number of fused-ring (bicyclic) bond motifs is 1. The van der Waals surface area contributed by atoms with Crippen molar-refractivity contribution in [1.29, 1.82) is 0 Å². The summed E-state index contributed by atoms with van der Waals surface area (Å²) >= 11 is 0. The SMILES string of the molecule is O=C(c1ccccc1)N1CCCN(C(=O)C2CC3CCCCC3N2)CC1. The predicted molar refractivity (Wildman–Crippen MR) is 101 cm³/mol. The molecule has 3 fully saturated rings. The molecule has 0 bridgehead atoms. The number of hydrogen-bond donors (Lipinski definition) is 1. The van der Waals surface area contributed by atoms with Crippen LogP contribution in [0.15, 0.2) is 30.3 Å². The average molecular weight is 355 g/mol. The van der Waals surface area contributed by atoms with Gasteiger partial charge in [0.2, 0.25) is 5.91 Å². The van der Waals surface area contributed by atoms with Crippen molar-refractivity contribution >= 4 is 11.8 Å². The van der Waals surface area contributed by atoms with Crippen molar-refractivity contribution in [3.8, 4) is 0 Å². The van der Waals surface area contributed by atoms with E-state index in [1.165, 1.54) is 25.7 Å². The quantitative estimate of drug-likeness (QED) is 0.886. The fourth-order valence-electron chi connectivity index (χ4n) is 4.84. The van der Waals surface area contributed by atoms with Crippen molar-refractivity contribution in [1.82, 2.24) is 15.1 Å². The number of amides is 2. The molecular weight excluding hydrogens is 326 g/mol. The van der Waals surface area contributed by atoms with Crippen LogP contribution in [0, 0.1) is 5.92 Å². The molecule has 1 aliphatic carbocycles. The van der Waals surface area contributed by atoms with Gasteiger partial charge in [0.25, 0.3) is 5.91 Å². The van der Waals surface area contributed by atoms with E-state index in [-0.39, 0.29) is 17.9 Å². The smallest absolute Gasteiger partial charge is 0.253 e. The lowest BCUT2D eigenvalue weighted by molar-refractivity contribution is -0.133. The molecule has 26 heavy (non-hydrogen) atoms. The second-order valence-corrected chi connectivity index (χ2v) is 7.94. The summed E-state index contributed by atoms with van der Waals surface area (Å²) in [6.45, 7) is 2.75. The molecule has 1 saturated carbocycles. The summed E-state index contributed by atoms with van der Waals surface area (Å²) in [6, 6.07) is 9.96. The first-order valence-electron chi connectivity index (χ1n) is 10.1. The third-order valence-corrected chi connectivity index (χ3v) is 6.28. The molecule has 3 atom stereocenters. The van der Waals surface area contributed by atoms with Gasteiger partial charge >= 0.3 is 0 Å². The Morgan fingerprint density at radius 1 is 0.885 bits per heavy atom. The highest BCUT2D eigenvalue weighted by Crippen LogP contribution is 2.33. The Labute approximate surface area is 155 Å². The molecule has 1 aromatic rings. The lowest BCUT2D eigenvalue weighted by Gasteiger charge is -2.25. The van der Waals surface area contributed by atoms with Crippen LogP contribution >= 0.6 is 0 Å². The molecule has 2 amide bonds. The van der Waals surface area contributed by atoms with Gasteiger partial charge in [-0.15, -0.1) is 0 Å². The Bertz CT molecular complexity index is 634. The Kier molecular flexibility index (Phi) is 5.25. The van der Waals surface area contributed by atoms with Crippen LogP contribution in [0.3, 0.4) is 0 Å². The van der Waals surface area contributed by atoms with Crippen LogP contribution in [-0.4, -0.2) is 59.9 Å². The molecule has 0 spiro atoms. The van der Waals surface area contributed by atoms with E-state index in [9.17, 15) is 9.59 Å². The highest BCUT2D eigenvalue weighted by molar-refractivity contribution is 5.94. The first-order chi connectivity index (χ1) is 12.7. The molecule has 2 aliphatic heterocycles. The van der Waals surface area contributed by atoms with Crippen LogP contribution in [-0.2, 0) is 4.79 Å². The molecule has 0 aromatic heterocycles. The summed E-state index contributed by atoms with van der Waals surface area (Å²) in [5.74, 6) is 0.999. The van der Waals surface area contributed by atoms with Gasteiger partial charge in [-0.3, -0.25) is 9.59 Å². The number of nitrogens with one attached hydrogen (secondary N) is 1. The normalized spacial score (nSPS) is 29.2. The monoisotopic (exact) mass is 355 g/mol. The first-order valence-corrected chi connectivity index (χ1v) is 10.1. The molecule has 1 N–H and O–H groups in total. The molecule has 2 saturated heterocycles. The molecule has 5 heteroatoms. The molecule has 3 unspecified atom stereocenters. The van der Waals surface area contributed by atoms with Crippen molar-refractivity contribution in [3.05, 3.63) is 35.9 Å². The van der Waals surface area contributed by atoms with Crippen LogP contribution in [0.25, 0.3) is 0 Å². The number of benzene rings is 1.